The third-order valence-electron chi connectivity index (χ3n) is 4.06. The van der Waals surface area contributed by atoms with Gasteiger partial charge in [-0.1, -0.05) is 12.1 Å². The minimum Gasteiger partial charge on any atom is -0.375 e. The molecule has 92 valence electrons. The van der Waals surface area contributed by atoms with Gasteiger partial charge in [0.1, 0.15) is 5.82 Å². The lowest BCUT2D eigenvalue weighted by molar-refractivity contribution is 0.0885. The van der Waals surface area contributed by atoms with Crippen LogP contribution >= 0.6 is 0 Å². The number of fused-ring (bicyclic) bond motifs is 2. The standard InChI is InChI=1S/C14H18FNO/c15-10-3-1-2-9(6-10)7-13(16)12-8-11-4-5-14(12)17-11/h1-3,6,11-14H,4-5,7-8,16H2. The fraction of sp³-hybridized carbons (Fsp3) is 0.571. The summed E-state index contributed by atoms with van der Waals surface area (Å²) in [6, 6.07) is 6.82. The summed E-state index contributed by atoms with van der Waals surface area (Å²) in [5.74, 6) is 0.274. The van der Waals surface area contributed by atoms with E-state index < -0.39 is 0 Å². The zero-order valence-electron chi connectivity index (χ0n) is 9.81. The second-order valence-corrected chi connectivity index (χ2v) is 5.27. The van der Waals surface area contributed by atoms with Gasteiger partial charge in [-0.15, -0.1) is 0 Å². The predicted molar refractivity (Wildman–Crippen MR) is 64.1 cm³/mol. The topological polar surface area (TPSA) is 35.2 Å². The first-order chi connectivity index (χ1) is 8.22. The normalized spacial score (nSPS) is 32.9. The van der Waals surface area contributed by atoms with Gasteiger partial charge in [0, 0.05) is 12.0 Å². The van der Waals surface area contributed by atoms with Crippen molar-refractivity contribution in [1.29, 1.82) is 0 Å². The number of ether oxygens (including phenoxy) is 1. The van der Waals surface area contributed by atoms with Crippen LogP contribution in [0.4, 0.5) is 4.39 Å². The maximum atomic E-state index is 13.1. The highest BCUT2D eigenvalue weighted by atomic mass is 19.1. The number of halogens is 1. The van der Waals surface area contributed by atoms with Crippen molar-refractivity contribution in [2.45, 2.75) is 43.9 Å². The Bertz CT molecular complexity index is 409. The van der Waals surface area contributed by atoms with E-state index in [1.54, 1.807) is 12.1 Å². The molecule has 0 radical (unpaired) electrons. The molecule has 17 heavy (non-hydrogen) atoms. The number of hydrogen-bond acceptors (Lipinski definition) is 2. The van der Waals surface area contributed by atoms with E-state index in [0.717, 1.165) is 24.8 Å². The summed E-state index contributed by atoms with van der Waals surface area (Å²) >= 11 is 0. The Labute approximate surface area is 101 Å². The molecule has 4 atom stereocenters. The van der Waals surface area contributed by atoms with Crippen molar-refractivity contribution in [3.63, 3.8) is 0 Å². The molecule has 2 saturated heterocycles. The molecule has 0 saturated carbocycles. The first-order valence-corrected chi connectivity index (χ1v) is 6.38. The number of nitrogens with two attached hydrogens (primary N) is 1. The Morgan fingerprint density at radius 2 is 2.29 bits per heavy atom. The molecular formula is C14H18FNO. The van der Waals surface area contributed by atoms with Crippen LogP contribution in [-0.2, 0) is 11.2 Å². The average molecular weight is 235 g/mol. The van der Waals surface area contributed by atoms with E-state index in [1.165, 1.54) is 12.5 Å². The largest absolute Gasteiger partial charge is 0.375 e. The van der Waals surface area contributed by atoms with E-state index in [4.69, 9.17) is 10.5 Å². The molecule has 3 rings (SSSR count). The van der Waals surface area contributed by atoms with Crippen molar-refractivity contribution in [2.75, 3.05) is 0 Å². The van der Waals surface area contributed by atoms with Gasteiger partial charge < -0.3 is 10.5 Å². The SMILES string of the molecule is NC(Cc1cccc(F)c1)C1CC2CCC1O2. The van der Waals surface area contributed by atoms with E-state index in [9.17, 15) is 4.39 Å². The van der Waals surface area contributed by atoms with Crippen LogP contribution in [0.1, 0.15) is 24.8 Å². The molecule has 3 heteroatoms. The van der Waals surface area contributed by atoms with Crippen LogP contribution in [0.3, 0.4) is 0 Å². The van der Waals surface area contributed by atoms with Gasteiger partial charge in [-0.3, -0.25) is 0 Å². The molecule has 4 unspecified atom stereocenters. The summed E-state index contributed by atoms with van der Waals surface area (Å²) in [4.78, 5) is 0. The van der Waals surface area contributed by atoms with Crippen LogP contribution in [0.25, 0.3) is 0 Å². The third-order valence-corrected chi connectivity index (χ3v) is 4.06. The molecule has 2 bridgehead atoms. The van der Waals surface area contributed by atoms with Gasteiger partial charge in [0.15, 0.2) is 0 Å². The van der Waals surface area contributed by atoms with Gasteiger partial charge >= 0.3 is 0 Å². The fourth-order valence-electron chi connectivity index (χ4n) is 3.22. The Morgan fingerprint density at radius 3 is 2.94 bits per heavy atom. The Kier molecular flexibility index (Phi) is 2.89. The molecule has 2 aliphatic rings. The minimum absolute atomic E-state index is 0.0899. The van der Waals surface area contributed by atoms with Gasteiger partial charge in [-0.2, -0.15) is 0 Å². The lowest BCUT2D eigenvalue weighted by atomic mass is 9.82. The summed E-state index contributed by atoms with van der Waals surface area (Å²) in [5, 5.41) is 0. The lowest BCUT2D eigenvalue weighted by Crippen LogP contribution is -2.37. The van der Waals surface area contributed by atoms with Gasteiger partial charge in [0.25, 0.3) is 0 Å². The van der Waals surface area contributed by atoms with Gasteiger partial charge in [-0.25, -0.2) is 4.39 Å². The van der Waals surface area contributed by atoms with Crippen LogP contribution in [0.5, 0.6) is 0 Å². The number of benzene rings is 1. The molecule has 1 aromatic rings. The molecule has 0 aliphatic carbocycles. The van der Waals surface area contributed by atoms with Crippen LogP contribution < -0.4 is 5.73 Å². The summed E-state index contributed by atoms with van der Waals surface area (Å²) in [6.45, 7) is 0. The zero-order valence-corrected chi connectivity index (χ0v) is 9.81. The first kappa shape index (κ1) is 11.2. The van der Waals surface area contributed by atoms with Crippen LogP contribution in [0, 0.1) is 11.7 Å². The number of hydrogen-bond donors (Lipinski definition) is 1. The van der Waals surface area contributed by atoms with Crippen molar-refractivity contribution in [3.05, 3.63) is 35.6 Å². The van der Waals surface area contributed by atoms with Crippen LogP contribution in [-0.4, -0.2) is 18.2 Å². The van der Waals surface area contributed by atoms with E-state index in [2.05, 4.69) is 0 Å². The Morgan fingerprint density at radius 1 is 1.41 bits per heavy atom. The van der Waals surface area contributed by atoms with Crippen molar-refractivity contribution in [2.24, 2.45) is 11.7 Å². The molecule has 0 aromatic heterocycles. The minimum atomic E-state index is -0.182. The molecule has 2 N–H and O–H groups in total. The van der Waals surface area contributed by atoms with Crippen LogP contribution in [0.15, 0.2) is 24.3 Å². The molecule has 2 heterocycles. The first-order valence-electron chi connectivity index (χ1n) is 6.38. The molecule has 2 nitrogen and oxygen atoms in total. The molecule has 0 spiro atoms. The van der Waals surface area contributed by atoms with Crippen LogP contribution in [0.2, 0.25) is 0 Å². The summed E-state index contributed by atoms with van der Waals surface area (Å²) in [5.41, 5.74) is 7.23. The van der Waals surface area contributed by atoms with E-state index in [1.807, 2.05) is 6.07 Å². The van der Waals surface area contributed by atoms with Gasteiger partial charge in [0.05, 0.1) is 12.2 Å². The van der Waals surface area contributed by atoms with E-state index in [0.29, 0.717) is 18.1 Å². The smallest absolute Gasteiger partial charge is 0.123 e. The molecule has 2 aliphatic heterocycles. The maximum Gasteiger partial charge on any atom is 0.123 e. The summed E-state index contributed by atoms with van der Waals surface area (Å²) < 4.78 is 18.9. The van der Waals surface area contributed by atoms with Crippen molar-refractivity contribution in [3.8, 4) is 0 Å². The van der Waals surface area contributed by atoms with E-state index >= 15 is 0 Å². The zero-order chi connectivity index (χ0) is 11.8. The quantitative estimate of drug-likeness (QED) is 0.872. The Hall–Kier alpha value is -0.930. The average Bonchev–Trinajstić information content (AvgIpc) is 2.90. The fourth-order valence-corrected chi connectivity index (χ4v) is 3.22. The second kappa shape index (κ2) is 4.39. The Balaban J connectivity index is 1.65. The molecular weight excluding hydrogens is 217 g/mol. The molecule has 2 fully saturated rings. The maximum absolute atomic E-state index is 13.1. The molecule has 1 aromatic carbocycles. The van der Waals surface area contributed by atoms with E-state index in [-0.39, 0.29) is 11.9 Å². The molecule has 0 amide bonds. The van der Waals surface area contributed by atoms with Crippen molar-refractivity contribution in [1.82, 2.24) is 0 Å². The highest BCUT2D eigenvalue weighted by molar-refractivity contribution is 5.18. The lowest BCUT2D eigenvalue weighted by Gasteiger charge is -2.25. The second-order valence-electron chi connectivity index (χ2n) is 5.27. The number of rotatable bonds is 3. The van der Waals surface area contributed by atoms with Crippen molar-refractivity contribution >= 4 is 0 Å². The van der Waals surface area contributed by atoms with Gasteiger partial charge in [0.2, 0.25) is 0 Å². The monoisotopic (exact) mass is 235 g/mol. The van der Waals surface area contributed by atoms with Gasteiger partial charge in [-0.05, 0) is 43.4 Å². The predicted octanol–water partition coefficient (Wildman–Crippen LogP) is 2.26. The third kappa shape index (κ3) is 2.22. The highest BCUT2D eigenvalue weighted by Gasteiger charge is 2.43. The summed E-state index contributed by atoms with van der Waals surface area (Å²) in [6.07, 6.45) is 4.95. The highest BCUT2D eigenvalue weighted by Crippen LogP contribution is 2.40. The van der Waals surface area contributed by atoms with Crippen molar-refractivity contribution < 1.29 is 9.13 Å². The summed E-state index contributed by atoms with van der Waals surface area (Å²) in [7, 11) is 0.